The normalized spacial score (nSPS) is 10.8. The number of rotatable bonds is 3. The fourth-order valence-corrected chi connectivity index (χ4v) is 2.69. The lowest BCUT2D eigenvalue weighted by atomic mass is 10.1. The van der Waals surface area contributed by atoms with Crippen LogP contribution in [0.1, 0.15) is 5.69 Å². The van der Waals surface area contributed by atoms with Gasteiger partial charge in [-0.25, -0.2) is 9.66 Å². The maximum Gasteiger partial charge on any atom is 0.278 e. The largest absolute Gasteiger partial charge is 0.278 e. The highest BCUT2D eigenvalue weighted by Crippen LogP contribution is 2.21. The third-order valence-electron chi connectivity index (χ3n) is 3.93. The molecule has 0 aliphatic rings. The summed E-state index contributed by atoms with van der Waals surface area (Å²) in [5.74, 6) is 0.581. The first kappa shape index (κ1) is 15.0. The minimum Gasteiger partial charge on any atom is -0.275 e. The quantitative estimate of drug-likeness (QED) is 0.625. The Hall–Kier alpha value is -3.54. The van der Waals surface area contributed by atoms with Gasteiger partial charge in [0.2, 0.25) is 0 Å². The number of hydrogen-bond donors (Lipinski definition) is 1. The second-order valence-electron chi connectivity index (χ2n) is 5.68. The molecule has 0 fully saturated rings. The van der Waals surface area contributed by atoms with E-state index in [4.69, 9.17) is 0 Å². The van der Waals surface area contributed by atoms with Crippen molar-refractivity contribution >= 4 is 16.6 Å². The molecule has 0 spiro atoms. The number of pyridine rings is 4. The third-order valence-corrected chi connectivity index (χ3v) is 3.93. The van der Waals surface area contributed by atoms with E-state index >= 15 is 0 Å². The van der Waals surface area contributed by atoms with E-state index in [9.17, 15) is 4.79 Å². The molecular formula is C19H15N5O. The van der Waals surface area contributed by atoms with E-state index in [1.54, 1.807) is 31.0 Å². The predicted molar refractivity (Wildman–Crippen MR) is 97.2 cm³/mol. The van der Waals surface area contributed by atoms with Crippen LogP contribution in [0.4, 0.5) is 5.82 Å². The van der Waals surface area contributed by atoms with Crippen molar-refractivity contribution in [1.82, 2.24) is 19.6 Å². The van der Waals surface area contributed by atoms with Gasteiger partial charge in [0, 0.05) is 36.7 Å². The fraction of sp³-hybridized carbons (Fsp3) is 0.0526. The van der Waals surface area contributed by atoms with Gasteiger partial charge in [-0.1, -0.05) is 0 Å². The molecular weight excluding hydrogens is 314 g/mol. The highest BCUT2D eigenvalue weighted by atomic mass is 16.1. The van der Waals surface area contributed by atoms with Gasteiger partial charge in [-0.2, -0.15) is 0 Å². The molecule has 4 heterocycles. The molecule has 4 aromatic rings. The van der Waals surface area contributed by atoms with Crippen molar-refractivity contribution in [2.24, 2.45) is 0 Å². The summed E-state index contributed by atoms with van der Waals surface area (Å²) in [6.45, 7) is 1.95. The van der Waals surface area contributed by atoms with Gasteiger partial charge in [0.1, 0.15) is 5.82 Å². The van der Waals surface area contributed by atoms with Gasteiger partial charge in [0.25, 0.3) is 5.56 Å². The number of nitrogens with zero attached hydrogens (tertiary/aromatic N) is 4. The van der Waals surface area contributed by atoms with E-state index in [1.807, 2.05) is 43.3 Å². The van der Waals surface area contributed by atoms with E-state index in [0.717, 1.165) is 22.2 Å². The molecule has 0 unspecified atom stereocenters. The van der Waals surface area contributed by atoms with Crippen LogP contribution in [0.2, 0.25) is 0 Å². The average Bonchev–Trinajstić information content (AvgIpc) is 2.65. The van der Waals surface area contributed by atoms with Crippen molar-refractivity contribution in [3.63, 3.8) is 0 Å². The Morgan fingerprint density at radius 1 is 0.960 bits per heavy atom. The number of aryl methyl sites for hydroxylation is 1. The molecule has 6 heteroatoms. The van der Waals surface area contributed by atoms with Gasteiger partial charge in [0.15, 0.2) is 0 Å². The van der Waals surface area contributed by atoms with Crippen LogP contribution in [0.25, 0.3) is 21.9 Å². The summed E-state index contributed by atoms with van der Waals surface area (Å²) in [4.78, 5) is 25.1. The number of hydrogen-bond acceptors (Lipinski definition) is 5. The Bertz CT molecular complexity index is 1120. The lowest BCUT2D eigenvalue weighted by Gasteiger charge is -2.11. The Labute approximate surface area is 143 Å². The van der Waals surface area contributed by atoms with Crippen LogP contribution < -0.4 is 11.0 Å². The first-order valence-electron chi connectivity index (χ1n) is 7.82. The summed E-state index contributed by atoms with van der Waals surface area (Å²) >= 11 is 0. The van der Waals surface area contributed by atoms with Crippen molar-refractivity contribution < 1.29 is 0 Å². The van der Waals surface area contributed by atoms with E-state index in [2.05, 4.69) is 20.4 Å². The summed E-state index contributed by atoms with van der Waals surface area (Å²) in [6.07, 6.45) is 8.41. The highest BCUT2D eigenvalue weighted by Gasteiger charge is 2.05. The van der Waals surface area contributed by atoms with Gasteiger partial charge in [-0.3, -0.25) is 20.2 Å². The molecule has 0 saturated heterocycles. The molecule has 4 rings (SSSR count). The molecule has 0 aromatic carbocycles. The zero-order chi connectivity index (χ0) is 17.2. The lowest BCUT2D eigenvalue weighted by molar-refractivity contribution is 0.900. The molecule has 0 aliphatic carbocycles. The molecule has 25 heavy (non-hydrogen) atoms. The van der Waals surface area contributed by atoms with Gasteiger partial charge in [-0.15, -0.1) is 0 Å². The molecule has 0 atom stereocenters. The number of aromatic nitrogens is 4. The number of anilines is 1. The summed E-state index contributed by atoms with van der Waals surface area (Å²) in [7, 11) is 0. The SMILES string of the molecule is Cc1cc(-c2ccnc(Nn3ccc4ccncc4c3=O)c2)ccn1. The van der Waals surface area contributed by atoms with Crippen LogP contribution >= 0.6 is 0 Å². The molecule has 4 aromatic heterocycles. The minimum absolute atomic E-state index is 0.169. The smallest absolute Gasteiger partial charge is 0.275 e. The maximum atomic E-state index is 12.6. The van der Waals surface area contributed by atoms with Crippen LogP contribution in [0.3, 0.4) is 0 Å². The minimum atomic E-state index is -0.169. The Morgan fingerprint density at radius 3 is 2.60 bits per heavy atom. The van der Waals surface area contributed by atoms with Crippen LogP contribution in [0.15, 0.2) is 72.2 Å². The molecule has 0 radical (unpaired) electrons. The van der Waals surface area contributed by atoms with Gasteiger partial charge in [-0.05, 0) is 59.8 Å². The predicted octanol–water partition coefficient (Wildman–Crippen LogP) is 3.04. The summed E-state index contributed by atoms with van der Waals surface area (Å²) in [5.41, 5.74) is 5.86. The standard InChI is InChI=1S/C19H15N5O/c1-13-10-15(3-7-21-13)16-4-8-22-18(11-16)23-24-9-5-14-2-6-20-12-17(14)19(24)25/h2-12H,1H3,(H,22,23). The Balaban J connectivity index is 1.71. The number of nitrogens with one attached hydrogen (secondary N) is 1. The highest BCUT2D eigenvalue weighted by molar-refractivity contribution is 5.80. The van der Waals surface area contributed by atoms with Crippen molar-refractivity contribution in [2.45, 2.75) is 6.92 Å². The van der Waals surface area contributed by atoms with E-state index in [-0.39, 0.29) is 5.56 Å². The summed E-state index contributed by atoms with van der Waals surface area (Å²) < 4.78 is 1.41. The van der Waals surface area contributed by atoms with Crippen LogP contribution in [0, 0.1) is 6.92 Å². The number of fused-ring (bicyclic) bond motifs is 1. The average molecular weight is 329 g/mol. The monoisotopic (exact) mass is 329 g/mol. The Morgan fingerprint density at radius 2 is 1.76 bits per heavy atom. The first-order valence-corrected chi connectivity index (χ1v) is 7.82. The molecule has 6 nitrogen and oxygen atoms in total. The van der Waals surface area contributed by atoms with Crippen molar-refractivity contribution in [3.05, 3.63) is 83.4 Å². The maximum absolute atomic E-state index is 12.6. The van der Waals surface area contributed by atoms with E-state index in [0.29, 0.717) is 11.2 Å². The van der Waals surface area contributed by atoms with Crippen LogP contribution in [-0.2, 0) is 0 Å². The second-order valence-corrected chi connectivity index (χ2v) is 5.68. The molecule has 0 amide bonds. The first-order chi connectivity index (χ1) is 12.2. The molecule has 122 valence electrons. The zero-order valence-corrected chi connectivity index (χ0v) is 13.5. The van der Waals surface area contributed by atoms with Crippen molar-refractivity contribution in [1.29, 1.82) is 0 Å². The van der Waals surface area contributed by atoms with Crippen molar-refractivity contribution in [2.75, 3.05) is 5.43 Å². The second kappa shape index (κ2) is 6.16. The van der Waals surface area contributed by atoms with Gasteiger partial charge >= 0.3 is 0 Å². The third kappa shape index (κ3) is 2.97. The Kier molecular flexibility index (Phi) is 3.70. The fourth-order valence-electron chi connectivity index (χ4n) is 2.69. The van der Waals surface area contributed by atoms with Crippen LogP contribution in [0.5, 0.6) is 0 Å². The molecule has 1 N–H and O–H groups in total. The molecule has 0 saturated carbocycles. The van der Waals surface area contributed by atoms with E-state index in [1.165, 1.54) is 4.68 Å². The van der Waals surface area contributed by atoms with Crippen LogP contribution in [-0.4, -0.2) is 19.6 Å². The van der Waals surface area contributed by atoms with Gasteiger partial charge in [0.05, 0.1) is 5.39 Å². The summed E-state index contributed by atoms with van der Waals surface area (Å²) in [5, 5.41) is 1.41. The topological polar surface area (TPSA) is 72.7 Å². The van der Waals surface area contributed by atoms with Gasteiger partial charge < -0.3 is 0 Å². The molecule has 0 aliphatic heterocycles. The lowest BCUT2D eigenvalue weighted by Crippen LogP contribution is -2.26. The van der Waals surface area contributed by atoms with Crippen molar-refractivity contribution in [3.8, 4) is 11.1 Å². The van der Waals surface area contributed by atoms with E-state index < -0.39 is 0 Å². The molecule has 0 bridgehead atoms. The zero-order valence-electron chi connectivity index (χ0n) is 13.5. The summed E-state index contributed by atoms with van der Waals surface area (Å²) in [6, 6.07) is 11.4.